The lowest BCUT2D eigenvalue weighted by Crippen LogP contribution is -2.72. The number of ether oxygens (including phenoxy) is 21. The Morgan fingerprint density at radius 2 is 0.453 bits per heavy atom. The zero-order valence-electron chi connectivity index (χ0n) is 69.2. The molecule has 11 aliphatic heterocycles. The number of carbonyl (C=O) groups excluding carboxylic acids is 3. The van der Waals surface area contributed by atoms with Crippen molar-refractivity contribution < 1.29 is 262 Å². The maximum Gasteiger partial charge on any atom is 0.217 e. The molecule has 11 saturated heterocycles. The molecule has 0 bridgehead atoms. The van der Waals surface area contributed by atoms with Crippen molar-refractivity contribution in [3.8, 4) is 0 Å². The molecule has 742 valence electrons. The number of hydrogen-bond donors (Lipinski definition) is 32. The van der Waals surface area contributed by atoms with E-state index in [0.29, 0.717) is 0 Å². The van der Waals surface area contributed by atoms with Gasteiger partial charge in [-0.1, -0.05) is 0 Å². The molecule has 11 aliphatic rings. The fraction of sp³-hybridized carbons (Fsp3) is 0.958. The highest BCUT2D eigenvalue weighted by Gasteiger charge is 2.63. The van der Waals surface area contributed by atoms with E-state index in [1.54, 1.807) is 0 Å². The third kappa shape index (κ3) is 22.5. The molecule has 32 N–H and O–H groups in total. The van der Waals surface area contributed by atoms with Crippen LogP contribution in [-0.2, 0) is 114 Å². The van der Waals surface area contributed by atoms with E-state index in [1.807, 2.05) is 0 Å². The maximum atomic E-state index is 13.8. The lowest BCUT2D eigenvalue weighted by molar-refractivity contribution is -0.397. The molecule has 0 aliphatic carbocycles. The van der Waals surface area contributed by atoms with Gasteiger partial charge in [0, 0.05) is 20.8 Å². The van der Waals surface area contributed by atoms with E-state index in [0.717, 1.165) is 20.8 Å². The van der Waals surface area contributed by atoms with Gasteiger partial charge in [-0.2, -0.15) is 0 Å². The largest absolute Gasteiger partial charge is 0.394 e. The Balaban J connectivity index is 0.936. The minimum absolute atomic E-state index is 0.901. The molecule has 1 unspecified atom stereocenters. The standard InChI is InChI=1S/C72H121N3O53/c1-15-32(86)39(93)46(100)66(109-15)121-55-26(12-81)117-64(31(75-20(6)85)59(55)126-70-50(104)43(97)36(90)22(8-77)114-70)127-60-37(91)23(9-78)115-71(51(60)105)123-54-25(11-80)116-63(29(73-18(4)83)57(54)124-67-47(101)40(94)33(87)16(2)110-67)108-14-28-38(92)61(52(106)72(119-28)120-53-24(10-79)112-62(107)45(99)44(53)98)128-65-30(74-19(5)84)58(125-68-48(102)41(95)34(88)17(3)111-68)56(27(13-82)118-65)122-69-49(103)42(96)35(89)21(7-76)113-69/h15-17,21-72,76-82,86-107H,7-14H2,1-6H3,(H,73,83)(H,74,84)(H,75,85)/t15-,16+,17-,21+,22+,23+,24+,25+,26+,27+,28+,29+,30+,31+,32+,33-,34+,35-,36-,37-,38-,39-,40-,41+,42-,43-,44+,45+,46-,47+,48-,49+,50+,51+,52+,53+,54+,55+,56+,57+,58+,59+,60-,61-,62?,63+,64-,65-,66-,67+,68-,69-,70-,71-,72-/m0/s1. The highest BCUT2D eigenvalue weighted by molar-refractivity contribution is 5.74. The molecule has 0 radical (unpaired) electrons. The molecular weight excluding hydrogens is 1750 g/mol. The molecule has 0 saturated carbocycles. The second-order valence-electron chi connectivity index (χ2n) is 33.0. The van der Waals surface area contributed by atoms with Crippen molar-refractivity contribution in [2.75, 3.05) is 52.9 Å². The van der Waals surface area contributed by atoms with Gasteiger partial charge in [-0.15, -0.1) is 0 Å². The molecule has 128 heavy (non-hydrogen) atoms. The predicted octanol–water partition coefficient (Wildman–Crippen LogP) is -21.5. The van der Waals surface area contributed by atoms with Gasteiger partial charge in [0.1, 0.15) is 250 Å². The first-order chi connectivity index (χ1) is 60.5. The van der Waals surface area contributed by atoms with Gasteiger partial charge in [-0.05, 0) is 20.8 Å². The Morgan fingerprint density at radius 3 is 0.773 bits per heavy atom. The van der Waals surface area contributed by atoms with Gasteiger partial charge < -0.3 is 264 Å². The number of nitrogens with one attached hydrogen (secondary N) is 3. The zero-order valence-corrected chi connectivity index (χ0v) is 69.2. The third-order valence-corrected chi connectivity index (χ3v) is 24.1. The highest BCUT2D eigenvalue weighted by atomic mass is 16.8. The van der Waals surface area contributed by atoms with Gasteiger partial charge in [-0.25, -0.2) is 0 Å². The van der Waals surface area contributed by atoms with Crippen molar-refractivity contribution in [2.45, 2.75) is 379 Å². The molecule has 0 spiro atoms. The Hall–Kier alpha value is -3.59. The van der Waals surface area contributed by atoms with Gasteiger partial charge >= 0.3 is 0 Å². The van der Waals surface area contributed by atoms with Crippen molar-refractivity contribution in [3.05, 3.63) is 0 Å². The van der Waals surface area contributed by atoms with Crippen LogP contribution in [0.3, 0.4) is 0 Å². The second kappa shape index (κ2) is 45.1. The molecule has 56 nitrogen and oxygen atoms in total. The minimum Gasteiger partial charge on any atom is -0.394 e. The number of aliphatic hydroxyl groups is 29. The summed E-state index contributed by atoms with van der Waals surface area (Å²) < 4.78 is 127. The number of rotatable bonds is 31. The lowest BCUT2D eigenvalue weighted by Gasteiger charge is -2.52. The van der Waals surface area contributed by atoms with E-state index in [4.69, 9.17) is 99.5 Å². The molecule has 11 heterocycles. The van der Waals surface area contributed by atoms with E-state index in [1.165, 1.54) is 20.8 Å². The Labute approximate surface area is 725 Å². The average molecular weight is 1880 g/mol. The van der Waals surface area contributed by atoms with E-state index in [-0.39, 0.29) is 0 Å². The molecule has 11 fully saturated rings. The first-order valence-electron chi connectivity index (χ1n) is 41.2. The highest BCUT2D eigenvalue weighted by Crippen LogP contribution is 2.43. The fourth-order valence-corrected chi connectivity index (χ4v) is 16.9. The smallest absolute Gasteiger partial charge is 0.217 e. The summed E-state index contributed by atoms with van der Waals surface area (Å²) in [5, 5.41) is 331. The summed E-state index contributed by atoms with van der Waals surface area (Å²) in [6.07, 6.45) is -108. The Morgan fingerprint density at radius 1 is 0.219 bits per heavy atom. The first kappa shape index (κ1) is 105. The minimum atomic E-state index is -2.53. The molecule has 55 atom stereocenters. The second-order valence-corrected chi connectivity index (χ2v) is 33.0. The average Bonchev–Trinajstić information content (AvgIpc) is 0.759. The van der Waals surface area contributed by atoms with Crippen LogP contribution in [-0.4, -0.2) is 556 Å². The van der Waals surface area contributed by atoms with Gasteiger partial charge in [0.15, 0.2) is 69.2 Å². The van der Waals surface area contributed by atoms with Crippen molar-refractivity contribution in [1.29, 1.82) is 0 Å². The predicted molar refractivity (Wildman–Crippen MR) is 393 cm³/mol. The normalized spacial score (nSPS) is 51.6. The Bertz CT molecular complexity index is 3460. The van der Waals surface area contributed by atoms with E-state index >= 15 is 0 Å². The molecule has 3 amide bonds. The van der Waals surface area contributed by atoms with Gasteiger partial charge in [0.05, 0.1) is 71.2 Å². The Kier molecular flexibility index (Phi) is 37.0. The van der Waals surface area contributed by atoms with Crippen LogP contribution in [0.2, 0.25) is 0 Å². The van der Waals surface area contributed by atoms with Gasteiger partial charge in [0.25, 0.3) is 0 Å². The summed E-state index contributed by atoms with van der Waals surface area (Å²) in [4.78, 5) is 40.8. The summed E-state index contributed by atoms with van der Waals surface area (Å²) in [6, 6.07) is -6.14. The fourth-order valence-electron chi connectivity index (χ4n) is 16.9. The van der Waals surface area contributed by atoms with E-state index in [2.05, 4.69) is 16.0 Å². The number of hydrogen-bond acceptors (Lipinski definition) is 53. The van der Waals surface area contributed by atoms with Gasteiger partial charge in [0.2, 0.25) is 17.7 Å². The molecule has 0 aromatic rings. The van der Waals surface area contributed by atoms with E-state index < -0.39 is 408 Å². The topological polar surface area (TPSA) is 868 Å². The van der Waals surface area contributed by atoms with Crippen molar-refractivity contribution in [3.63, 3.8) is 0 Å². The summed E-state index contributed by atoms with van der Waals surface area (Å²) in [6.45, 7) is -2.94. The summed E-state index contributed by atoms with van der Waals surface area (Å²) in [7, 11) is 0. The van der Waals surface area contributed by atoms with Crippen LogP contribution in [0, 0.1) is 0 Å². The molecular formula is C72H121N3O53. The molecule has 0 aromatic heterocycles. The summed E-state index contributed by atoms with van der Waals surface area (Å²) >= 11 is 0. The van der Waals surface area contributed by atoms with E-state index in [9.17, 15) is 162 Å². The lowest BCUT2D eigenvalue weighted by atomic mass is 9.93. The SMILES string of the molecule is CC(=O)N[C@H]1[C@H](O[C@H]2[C@@H](O)[C@@H](CO)O[C@@H](O[C@H]3[C@H](O[C@H]4O[C@H](C)[C@H](O)[C@H](O)[C@H]4O)[C@@H](NC(C)=O)[C@H](OC[C@H]4O[C@@H](O[C@H]5[C@H](O)[C@@H](O)C(O)O[C@@H]5CO)[C@H](O)[C@@H](O[C@@H]5O[C@H](CO)[C@@H](O[C@@H]6O[C@H](CO)[C@H](O)[C@H](O)[C@H]6O)[C@H](O[C@@H]6O[C@@H](C)[C@@H](O)[C@@H](O)[C@@H]6O)[C@H]5NC(C)=O)[C@H]4O)O[C@@H]3CO)[C@@H]2O)O[C@H](CO)[C@@H](O[C@@H]2O[C@@H](C)[C@@H](O)[C@H](O)[C@@H]2O)[C@@H]1O[C@@H]1O[C@H](CO)[C@H](O)[C@H](O)[C@H]1O. The molecule has 56 heteroatoms. The van der Waals surface area contributed by atoms with Crippen molar-refractivity contribution in [1.82, 2.24) is 16.0 Å². The van der Waals surface area contributed by atoms with Gasteiger partial charge in [-0.3, -0.25) is 14.4 Å². The van der Waals surface area contributed by atoms with Crippen molar-refractivity contribution in [2.24, 2.45) is 0 Å². The summed E-state index contributed by atoms with van der Waals surface area (Å²) in [5.41, 5.74) is 0. The molecule has 0 aromatic carbocycles. The quantitative estimate of drug-likeness (QED) is 0.0306. The molecule has 11 rings (SSSR count). The summed E-state index contributed by atoms with van der Waals surface area (Å²) in [5.74, 6) is -3.07. The number of carbonyl (C=O) groups is 3. The van der Waals surface area contributed by atoms with Crippen LogP contribution in [0.1, 0.15) is 41.5 Å². The van der Waals surface area contributed by atoms with Crippen LogP contribution in [0.25, 0.3) is 0 Å². The van der Waals surface area contributed by atoms with Crippen LogP contribution < -0.4 is 16.0 Å². The number of aliphatic hydroxyl groups excluding tert-OH is 29. The maximum absolute atomic E-state index is 13.8. The monoisotopic (exact) mass is 1880 g/mol. The first-order valence-corrected chi connectivity index (χ1v) is 41.2. The zero-order chi connectivity index (χ0) is 94.1. The number of amides is 3. The third-order valence-electron chi connectivity index (χ3n) is 24.1. The van der Waals surface area contributed by atoms with Crippen LogP contribution in [0.4, 0.5) is 0 Å². The van der Waals surface area contributed by atoms with Crippen LogP contribution in [0.15, 0.2) is 0 Å². The van der Waals surface area contributed by atoms with Crippen LogP contribution in [0.5, 0.6) is 0 Å². The van der Waals surface area contributed by atoms with Crippen LogP contribution >= 0.6 is 0 Å². The van der Waals surface area contributed by atoms with Crippen molar-refractivity contribution >= 4 is 17.7 Å².